The lowest BCUT2D eigenvalue weighted by atomic mass is 9.45. The Kier molecular flexibility index (Phi) is 4.22. The summed E-state index contributed by atoms with van der Waals surface area (Å²) >= 11 is 0. The smallest absolute Gasteiger partial charge is 0.302 e. The summed E-state index contributed by atoms with van der Waals surface area (Å²) < 4.78 is 18.1. The fourth-order valence-electron chi connectivity index (χ4n) is 8.45. The van der Waals surface area contributed by atoms with Gasteiger partial charge in [-0.3, -0.25) is 4.79 Å². The fourth-order valence-corrected chi connectivity index (χ4v) is 8.45. The first-order chi connectivity index (χ1) is 12.9. The average molecular weight is 377 g/mol. The zero-order chi connectivity index (χ0) is 18.9. The molecule has 7 atom stereocenters. The largest absolute Gasteiger partial charge is 0.463 e. The molecule has 1 spiro atoms. The maximum Gasteiger partial charge on any atom is 0.302 e. The van der Waals surface area contributed by atoms with Crippen molar-refractivity contribution >= 4 is 5.97 Å². The van der Waals surface area contributed by atoms with Crippen LogP contribution < -0.4 is 0 Å². The van der Waals surface area contributed by atoms with Crippen LogP contribution in [0.15, 0.2) is 0 Å². The van der Waals surface area contributed by atoms with Gasteiger partial charge < -0.3 is 14.2 Å². The van der Waals surface area contributed by atoms with E-state index < -0.39 is 0 Å². The minimum Gasteiger partial charge on any atom is -0.463 e. The highest BCUT2D eigenvalue weighted by Gasteiger charge is 2.67. The van der Waals surface area contributed by atoms with Gasteiger partial charge >= 0.3 is 5.97 Å². The molecule has 5 rings (SSSR count). The summed E-state index contributed by atoms with van der Waals surface area (Å²) in [6.07, 6.45) is 11.1. The van der Waals surface area contributed by atoms with Crippen LogP contribution >= 0.6 is 0 Å². The zero-order valence-electron chi connectivity index (χ0n) is 17.3. The molecule has 1 saturated heterocycles. The number of hydrogen-bond acceptors (Lipinski definition) is 4. The molecule has 0 aromatic heterocycles. The Morgan fingerprint density at radius 3 is 2.41 bits per heavy atom. The SMILES string of the molecule is CC(=O)O[C@@H]1CC[C@@]2(C)[C@@H](CC[C@@H]3[C@H]2CC[C@@]2(C)[C@@H]3CCC23OCCO3)C1. The molecule has 5 fully saturated rings. The summed E-state index contributed by atoms with van der Waals surface area (Å²) in [6.45, 7) is 8.13. The normalized spacial score (nSPS) is 50.7. The van der Waals surface area contributed by atoms with Crippen molar-refractivity contribution in [3.63, 3.8) is 0 Å². The first-order valence-corrected chi connectivity index (χ1v) is 11.3. The molecule has 5 aliphatic rings. The van der Waals surface area contributed by atoms with Crippen molar-refractivity contribution in [2.24, 2.45) is 34.5 Å². The van der Waals surface area contributed by atoms with Crippen LogP contribution in [-0.2, 0) is 19.0 Å². The minimum atomic E-state index is -0.284. The maximum absolute atomic E-state index is 11.4. The zero-order valence-corrected chi connectivity index (χ0v) is 17.3. The van der Waals surface area contributed by atoms with Crippen molar-refractivity contribution in [2.75, 3.05) is 13.2 Å². The molecule has 0 bridgehead atoms. The molecule has 4 aliphatic carbocycles. The van der Waals surface area contributed by atoms with Crippen LogP contribution in [0.25, 0.3) is 0 Å². The predicted octanol–water partition coefficient (Wildman–Crippen LogP) is 4.70. The maximum atomic E-state index is 11.4. The summed E-state index contributed by atoms with van der Waals surface area (Å²) in [7, 11) is 0. The van der Waals surface area contributed by atoms with Crippen LogP contribution in [0.4, 0.5) is 0 Å². The third kappa shape index (κ3) is 2.51. The molecule has 4 nitrogen and oxygen atoms in total. The van der Waals surface area contributed by atoms with E-state index in [1.165, 1.54) is 38.5 Å². The van der Waals surface area contributed by atoms with Gasteiger partial charge in [0.05, 0.1) is 13.2 Å². The molecular formula is C23H36O4. The molecule has 4 heteroatoms. The predicted molar refractivity (Wildman–Crippen MR) is 102 cm³/mol. The number of carbonyl (C=O) groups excluding carboxylic acids is 1. The molecular weight excluding hydrogens is 340 g/mol. The number of fused-ring (bicyclic) bond motifs is 6. The summed E-state index contributed by atoms with van der Waals surface area (Å²) in [5, 5.41) is 0. The molecule has 0 aromatic carbocycles. The van der Waals surface area contributed by atoms with Gasteiger partial charge in [-0.25, -0.2) is 0 Å². The van der Waals surface area contributed by atoms with Gasteiger partial charge in [-0.15, -0.1) is 0 Å². The molecule has 0 radical (unpaired) electrons. The van der Waals surface area contributed by atoms with E-state index in [4.69, 9.17) is 14.2 Å². The standard InChI is InChI=1S/C23H36O4/c1-15(24)27-17-6-9-21(2)16(14-17)4-5-18-19(21)7-10-22(3)20(18)8-11-23(22)25-12-13-26-23/h16-20H,4-14H2,1-3H3/t16-,17+,18+,19+,20+,21-,22-/m0/s1. The number of esters is 1. The minimum absolute atomic E-state index is 0.112. The van der Waals surface area contributed by atoms with Gasteiger partial charge in [0.25, 0.3) is 0 Å². The first kappa shape index (κ1) is 18.4. The number of hydrogen-bond donors (Lipinski definition) is 0. The van der Waals surface area contributed by atoms with Crippen molar-refractivity contribution in [3.8, 4) is 0 Å². The molecule has 27 heavy (non-hydrogen) atoms. The lowest BCUT2D eigenvalue weighted by Crippen LogP contribution is -2.57. The second kappa shape index (κ2) is 6.19. The Morgan fingerprint density at radius 1 is 0.926 bits per heavy atom. The quantitative estimate of drug-likeness (QED) is 0.622. The monoisotopic (exact) mass is 376 g/mol. The summed E-state index contributed by atoms with van der Waals surface area (Å²) in [5.74, 6) is 2.71. The number of rotatable bonds is 1. The fraction of sp³-hybridized carbons (Fsp3) is 0.957. The van der Waals surface area contributed by atoms with Gasteiger partial charge in [0.1, 0.15) is 6.10 Å². The van der Waals surface area contributed by atoms with Crippen LogP contribution in [0.1, 0.15) is 78.6 Å². The van der Waals surface area contributed by atoms with Gasteiger partial charge in [-0.1, -0.05) is 13.8 Å². The van der Waals surface area contributed by atoms with E-state index in [1.807, 2.05) is 0 Å². The molecule has 4 saturated carbocycles. The molecule has 0 N–H and O–H groups in total. The number of carbonyl (C=O) groups is 1. The van der Waals surface area contributed by atoms with Crippen molar-refractivity contribution in [2.45, 2.75) is 90.4 Å². The molecule has 0 amide bonds. The van der Waals surface area contributed by atoms with Crippen LogP contribution in [0, 0.1) is 34.5 Å². The van der Waals surface area contributed by atoms with Crippen LogP contribution in [0.2, 0.25) is 0 Å². The Bertz CT molecular complexity index is 611. The van der Waals surface area contributed by atoms with Gasteiger partial charge in [0.2, 0.25) is 0 Å². The third-order valence-electron chi connectivity index (χ3n) is 9.75. The van der Waals surface area contributed by atoms with Gasteiger partial charge in [0.15, 0.2) is 5.79 Å². The second-order valence-corrected chi connectivity index (χ2v) is 10.6. The Morgan fingerprint density at radius 2 is 1.67 bits per heavy atom. The van der Waals surface area contributed by atoms with E-state index in [0.29, 0.717) is 5.41 Å². The van der Waals surface area contributed by atoms with Crippen molar-refractivity contribution < 1.29 is 19.0 Å². The first-order valence-electron chi connectivity index (χ1n) is 11.3. The Balaban J connectivity index is 1.37. The summed E-state index contributed by atoms with van der Waals surface area (Å²) in [6, 6.07) is 0. The van der Waals surface area contributed by atoms with E-state index in [2.05, 4.69) is 13.8 Å². The van der Waals surface area contributed by atoms with E-state index in [9.17, 15) is 4.79 Å². The molecule has 152 valence electrons. The Labute approximate surface area is 163 Å². The van der Waals surface area contributed by atoms with E-state index in [-0.39, 0.29) is 23.3 Å². The molecule has 1 heterocycles. The second-order valence-electron chi connectivity index (χ2n) is 10.6. The van der Waals surface area contributed by atoms with E-state index in [0.717, 1.165) is 56.1 Å². The van der Waals surface area contributed by atoms with Crippen LogP contribution in [0.3, 0.4) is 0 Å². The lowest BCUT2D eigenvalue weighted by Gasteiger charge is -2.61. The average Bonchev–Trinajstić information content (AvgIpc) is 3.21. The third-order valence-corrected chi connectivity index (χ3v) is 9.75. The van der Waals surface area contributed by atoms with E-state index >= 15 is 0 Å². The van der Waals surface area contributed by atoms with Crippen LogP contribution in [-0.4, -0.2) is 31.1 Å². The topological polar surface area (TPSA) is 44.8 Å². The molecule has 0 aromatic rings. The highest BCUT2D eigenvalue weighted by atomic mass is 16.7. The van der Waals surface area contributed by atoms with Gasteiger partial charge in [-0.2, -0.15) is 0 Å². The van der Waals surface area contributed by atoms with Crippen LogP contribution in [0.5, 0.6) is 0 Å². The van der Waals surface area contributed by atoms with Gasteiger partial charge in [-0.05, 0) is 80.5 Å². The Hall–Kier alpha value is -0.610. The lowest BCUT2D eigenvalue weighted by molar-refractivity contribution is -0.248. The van der Waals surface area contributed by atoms with Gasteiger partial charge in [0, 0.05) is 18.8 Å². The highest BCUT2D eigenvalue weighted by molar-refractivity contribution is 5.66. The summed E-state index contributed by atoms with van der Waals surface area (Å²) in [5.41, 5.74) is 0.622. The van der Waals surface area contributed by atoms with Crippen molar-refractivity contribution in [1.29, 1.82) is 0 Å². The molecule has 0 unspecified atom stereocenters. The van der Waals surface area contributed by atoms with Crippen molar-refractivity contribution in [3.05, 3.63) is 0 Å². The summed E-state index contributed by atoms with van der Waals surface area (Å²) in [4.78, 5) is 11.4. The highest BCUT2D eigenvalue weighted by Crippen LogP contribution is 2.69. The number of ether oxygens (including phenoxy) is 3. The van der Waals surface area contributed by atoms with Crippen molar-refractivity contribution in [1.82, 2.24) is 0 Å². The van der Waals surface area contributed by atoms with E-state index in [1.54, 1.807) is 6.92 Å². The molecule has 1 aliphatic heterocycles.